The molecule has 1 saturated carbocycles. The largest absolute Gasteiger partial charge is 0.399 e. The Morgan fingerprint density at radius 1 is 1.10 bits per heavy atom. The summed E-state index contributed by atoms with van der Waals surface area (Å²) < 4.78 is 14.0. The van der Waals surface area contributed by atoms with E-state index < -0.39 is 0 Å². The fraction of sp³-hybridized carbons (Fsp3) is 0.333. The third-order valence-corrected chi connectivity index (χ3v) is 4.44. The van der Waals surface area contributed by atoms with Gasteiger partial charge in [-0.1, -0.05) is 24.3 Å². The summed E-state index contributed by atoms with van der Waals surface area (Å²) in [7, 11) is 0. The molecule has 3 heteroatoms. The van der Waals surface area contributed by atoms with E-state index in [1.807, 2.05) is 24.3 Å². The molecule has 0 unspecified atom stereocenters. The van der Waals surface area contributed by atoms with Gasteiger partial charge in [0.2, 0.25) is 0 Å². The summed E-state index contributed by atoms with van der Waals surface area (Å²) >= 11 is 0. The van der Waals surface area contributed by atoms with Gasteiger partial charge in [0.15, 0.2) is 0 Å². The van der Waals surface area contributed by atoms with Gasteiger partial charge >= 0.3 is 0 Å². The molecule has 2 N–H and O–H groups in total. The number of nitrogens with zero attached hydrogens (tertiary/aromatic N) is 1. The lowest BCUT2D eigenvalue weighted by atomic mass is 9.94. The molecule has 0 aliphatic heterocycles. The quantitative estimate of drug-likeness (QED) is 0.842. The van der Waals surface area contributed by atoms with Crippen LogP contribution in [0.3, 0.4) is 0 Å². The van der Waals surface area contributed by atoms with Crippen molar-refractivity contribution in [3.05, 3.63) is 59.9 Å². The monoisotopic (exact) mass is 284 g/mol. The molecule has 0 heterocycles. The number of anilines is 2. The van der Waals surface area contributed by atoms with Crippen LogP contribution in [-0.4, -0.2) is 13.1 Å². The van der Waals surface area contributed by atoms with E-state index in [4.69, 9.17) is 5.73 Å². The first-order valence-corrected chi connectivity index (χ1v) is 7.50. The average Bonchev–Trinajstić information content (AvgIpc) is 3.27. The third-order valence-electron chi connectivity index (χ3n) is 4.44. The maximum absolute atomic E-state index is 14.0. The number of nitrogens with two attached hydrogens (primary N) is 1. The van der Waals surface area contributed by atoms with Crippen molar-refractivity contribution in [1.29, 1.82) is 0 Å². The number of nitrogen functional groups attached to an aromatic ring is 1. The highest BCUT2D eigenvalue weighted by Gasteiger charge is 2.45. The van der Waals surface area contributed by atoms with Gasteiger partial charge in [-0.15, -0.1) is 0 Å². The number of likely N-dealkylation sites (N-methyl/N-ethyl adjacent to an activating group) is 1. The minimum absolute atomic E-state index is 0.146. The van der Waals surface area contributed by atoms with Gasteiger partial charge in [0.05, 0.1) is 5.69 Å². The van der Waals surface area contributed by atoms with E-state index in [2.05, 4.69) is 24.0 Å². The smallest absolute Gasteiger partial charge is 0.146 e. The van der Waals surface area contributed by atoms with Crippen LogP contribution in [0.2, 0.25) is 0 Å². The van der Waals surface area contributed by atoms with Crippen LogP contribution in [0.25, 0.3) is 0 Å². The first-order chi connectivity index (χ1) is 10.1. The normalized spacial score (nSPS) is 15.7. The standard InChI is InChI=1S/C18H21FN2/c1-2-21(17-6-4-3-5-16(17)19)13-18(11-12-18)14-7-9-15(20)10-8-14/h3-10H,2,11-13,20H2,1H3. The maximum atomic E-state index is 14.0. The van der Waals surface area contributed by atoms with Crippen molar-refractivity contribution in [2.45, 2.75) is 25.2 Å². The van der Waals surface area contributed by atoms with E-state index in [9.17, 15) is 4.39 Å². The number of hydrogen-bond acceptors (Lipinski definition) is 2. The number of benzene rings is 2. The number of hydrogen-bond donors (Lipinski definition) is 1. The highest BCUT2D eigenvalue weighted by molar-refractivity contribution is 5.50. The summed E-state index contributed by atoms with van der Waals surface area (Å²) in [5.41, 5.74) is 8.72. The van der Waals surface area contributed by atoms with Crippen LogP contribution in [-0.2, 0) is 5.41 Å². The molecule has 110 valence electrons. The molecular formula is C18H21FN2. The zero-order valence-corrected chi connectivity index (χ0v) is 12.3. The van der Waals surface area contributed by atoms with Crippen LogP contribution >= 0.6 is 0 Å². The molecule has 1 aliphatic carbocycles. The van der Waals surface area contributed by atoms with Crippen molar-refractivity contribution in [3.8, 4) is 0 Å². The predicted octanol–water partition coefficient (Wildman–Crippen LogP) is 3.97. The highest BCUT2D eigenvalue weighted by Crippen LogP contribution is 2.49. The molecule has 21 heavy (non-hydrogen) atoms. The molecule has 2 aromatic carbocycles. The van der Waals surface area contributed by atoms with E-state index in [1.54, 1.807) is 6.07 Å². The molecule has 0 atom stereocenters. The summed E-state index contributed by atoms with van der Waals surface area (Å²) in [6.07, 6.45) is 2.31. The van der Waals surface area contributed by atoms with Gasteiger partial charge in [-0.3, -0.25) is 0 Å². The van der Waals surface area contributed by atoms with Crippen molar-refractivity contribution >= 4 is 11.4 Å². The molecule has 0 amide bonds. The SMILES string of the molecule is CCN(CC1(c2ccc(N)cc2)CC1)c1ccccc1F. The first-order valence-electron chi connectivity index (χ1n) is 7.50. The minimum Gasteiger partial charge on any atom is -0.399 e. The molecule has 2 nitrogen and oxygen atoms in total. The Bertz CT molecular complexity index is 617. The number of para-hydroxylation sites is 1. The van der Waals surface area contributed by atoms with Gasteiger partial charge in [0.25, 0.3) is 0 Å². The first kappa shape index (κ1) is 13.9. The Morgan fingerprint density at radius 2 is 1.76 bits per heavy atom. The van der Waals surface area contributed by atoms with Crippen LogP contribution in [0, 0.1) is 5.82 Å². The number of rotatable bonds is 5. The lowest BCUT2D eigenvalue weighted by Crippen LogP contribution is -2.33. The van der Waals surface area contributed by atoms with Gasteiger partial charge in [-0.2, -0.15) is 0 Å². The molecule has 0 spiro atoms. The number of halogens is 1. The second-order valence-corrected chi connectivity index (χ2v) is 5.87. The molecule has 0 bridgehead atoms. The minimum atomic E-state index is -0.146. The molecule has 0 saturated heterocycles. The van der Waals surface area contributed by atoms with Crippen LogP contribution in [0.4, 0.5) is 15.8 Å². The zero-order chi connectivity index (χ0) is 14.9. The van der Waals surface area contributed by atoms with Gasteiger partial charge in [-0.25, -0.2) is 4.39 Å². The Kier molecular flexibility index (Phi) is 3.58. The lowest BCUT2D eigenvalue weighted by Gasteiger charge is -2.29. The fourth-order valence-corrected chi connectivity index (χ4v) is 2.97. The molecule has 1 fully saturated rings. The third kappa shape index (κ3) is 2.73. The summed E-state index contributed by atoms with van der Waals surface area (Å²) in [6.45, 7) is 3.73. The van der Waals surface area contributed by atoms with Gasteiger partial charge in [-0.05, 0) is 49.6 Å². The summed E-state index contributed by atoms with van der Waals surface area (Å²) in [4.78, 5) is 2.14. The summed E-state index contributed by atoms with van der Waals surface area (Å²) in [5, 5.41) is 0. The molecule has 0 aromatic heterocycles. The van der Waals surface area contributed by atoms with Crippen molar-refractivity contribution in [2.24, 2.45) is 0 Å². The summed E-state index contributed by atoms with van der Waals surface area (Å²) in [5.74, 6) is -0.146. The zero-order valence-electron chi connectivity index (χ0n) is 12.3. The van der Waals surface area contributed by atoms with E-state index in [1.165, 1.54) is 11.6 Å². The highest BCUT2D eigenvalue weighted by atomic mass is 19.1. The van der Waals surface area contributed by atoms with Gasteiger partial charge in [0, 0.05) is 24.2 Å². The van der Waals surface area contributed by atoms with E-state index in [0.29, 0.717) is 5.69 Å². The van der Waals surface area contributed by atoms with Crippen molar-refractivity contribution in [2.75, 3.05) is 23.7 Å². The maximum Gasteiger partial charge on any atom is 0.146 e. The van der Waals surface area contributed by atoms with Crippen molar-refractivity contribution in [3.63, 3.8) is 0 Å². The topological polar surface area (TPSA) is 29.3 Å². The Morgan fingerprint density at radius 3 is 2.33 bits per heavy atom. The van der Waals surface area contributed by atoms with E-state index in [0.717, 1.165) is 31.6 Å². The van der Waals surface area contributed by atoms with E-state index >= 15 is 0 Å². The molecular weight excluding hydrogens is 263 g/mol. The molecule has 2 aromatic rings. The lowest BCUT2D eigenvalue weighted by molar-refractivity contribution is 0.598. The molecule has 1 aliphatic rings. The second-order valence-electron chi connectivity index (χ2n) is 5.87. The second kappa shape index (κ2) is 5.40. The fourth-order valence-electron chi connectivity index (χ4n) is 2.97. The van der Waals surface area contributed by atoms with Crippen LogP contribution in [0.15, 0.2) is 48.5 Å². The van der Waals surface area contributed by atoms with Crippen LogP contribution in [0.5, 0.6) is 0 Å². The molecule has 3 rings (SSSR count). The Balaban J connectivity index is 1.84. The van der Waals surface area contributed by atoms with Crippen LogP contribution < -0.4 is 10.6 Å². The van der Waals surface area contributed by atoms with Crippen LogP contribution in [0.1, 0.15) is 25.3 Å². The predicted molar refractivity (Wildman–Crippen MR) is 86.1 cm³/mol. The van der Waals surface area contributed by atoms with Gasteiger partial charge < -0.3 is 10.6 Å². The summed E-state index contributed by atoms with van der Waals surface area (Å²) in [6, 6.07) is 15.1. The van der Waals surface area contributed by atoms with Gasteiger partial charge in [0.1, 0.15) is 5.82 Å². The molecule has 0 radical (unpaired) electrons. The Labute approximate surface area is 125 Å². The van der Waals surface area contributed by atoms with Crippen molar-refractivity contribution < 1.29 is 4.39 Å². The van der Waals surface area contributed by atoms with E-state index in [-0.39, 0.29) is 11.2 Å². The van der Waals surface area contributed by atoms with Crippen molar-refractivity contribution in [1.82, 2.24) is 0 Å². The average molecular weight is 284 g/mol. The Hall–Kier alpha value is -2.03.